The molecule has 2 N–H and O–H groups in total. The Hall–Kier alpha value is -3.20. The first-order valence-electron chi connectivity index (χ1n) is 17.3. The molecule has 9 heteroatoms. The van der Waals surface area contributed by atoms with Crippen molar-refractivity contribution in [3.8, 4) is 22.5 Å². The van der Waals surface area contributed by atoms with Crippen molar-refractivity contribution in [2.75, 3.05) is 13.7 Å². The molecule has 46 heavy (non-hydrogen) atoms. The smallest absolute Gasteiger partial charge is 0.407 e. The number of nitrogens with one attached hydrogen (secondary N) is 2. The van der Waals surface area contributed by atoms with Gasteiger partial charge in [0.2, 0.25) is 5.91 Å². The molecule has 1 aromatic carbocycles. The monoisotopic (exact) mass is 689 g/mol. The van der Waals surface area contributed by atoms with E-state index in [1.807, 2.05) is 45.0 Å². The van der Waals surface area contributed by atoms with Crippen LogP contribution in [-0.4, -0.2) is 51.5 Å². The normalized spacial score (nSPS) is 20.0. The van der Waals surface area contributed by atoms with E-state index in [9.17, 15) is 9.59 Å². The number of amides is 2. The molecule has 2 fully saturated rings. The number of likely N-dealkylation sites (tertiary alicyclic amines) is 1. The van der Waals surface area contributed by atoms with Gasteiger partial charge in [-0.25, -0.2) is 9.78 Å². The molecule has 8 nitrogen and oxygen atoms in total. The first-order chi connectivity index (χ1) is 22.3. The number of ether oxygens (including phenoxy) is 1. The first kappa shape index (κ1) is 32.7. The topological polar surface area (TPSA) is 100 Å². The van der Waals surface area contributed by atoms with E-state index in [1.54, 1.807) is 0 Å². The van der Waals surface area contributed by atoms with Gasteiger partial charge >= 0.3 is 6.09 Å². The number of aromatic amines is 1. The predicted octanol–water partition coefficient (Wildman–Crippen LogP) is 8.12. The molecule has 4 aliphatic rings. The molecule has 3 heterocycles. The zero-order valence-electron chi connectivity index (χ0n) is 28.0. The highest BCUT2D eigenvalue weighted by Crippen LogP contribution is 2.52. The number of hydrogen-bond donors (Lipinski definition) is 2. The maximum Gasteiger partial charge on any atom is 0.407 e. The van der Waals surface area contributed by atoms with E-state index < -0.39 is 12.1 Å². The Morgan fingerprint density at radius 1 is 0.978 bits per heavy atom. The molecule has 1 saturated heterocycles. The molecule has 1 spiro atoms. The van der Waals surface area contributed by atoms with Gasteiger partial charge in [-0.3, -0.25) is 9.78 Å². The van der Waals surface area contributed by atoms with E-state index in [0.29, 0.717) is 12.0 Å². The van der Waals surface area contributed by atoms with Crippen LogP contribution in [0.2, 0.25) is 0 Å². The lowest BCUT2D eigenvalue weighted by atomic mass is 9.83. The predicted molar refractivity (Wildman–Crippen MR) is 184 cm³/mol. The molecule has 0 bridgehead atoms. The fourth-order valence-electron chi connectivity index (χ4n) is 8.48. The van der Waals surface area contributed by atoms with Crippen molar-refractivity contribution in [3.63, 3.8) is 0 Å². The van der Waals surface area contributed by atoms with Crippen LogP contribution in [0.4, 0.5) is 4.79 Å². The number of carbonyl (C=O) groups excluding carboxylic acids is 2. The van der Waals surface area contributed by atoms with Crippen molar-refractivity contribution in [2.45, 2.75) is 110 Å². The van der Waals surface area contributed by atoms with Crippen molar-refractivity contribution in [3.05, 3.63) is 57.1 Å². The third-order valence-electron chi connectivity index (χ3n) is 10.7. The van der Waals surface area contributed by atoms with Gasteiger partial charge in [0, 0.05) is 28.3 Å². The minimum Gasteiger partial charge on any atom is -0.453 e. The fraction of sp³-hybridized carbons (Fsp3) is 0.568. The quantitative estimate of drug-likeness (QED) is 0.272. The van der Waals surface area contributed by atoms with Gasteiger partial charge < -0.3 is 19.9 Å². The van der Waals surface area contributed by atoms with Crippen LogP contribution < -0.4 is 5.32 Å². The van der Waals surface area contributed by atoms with E-state index >= 15 is 0 Å². The molecule has 3 aromatic rings. The zero-order valence-corrected chi connectivity index (χ0v) is 29.6. The Labute approximate surface area is 281 Å². The lowest BCUT2D eigenvalue weighted by Gasteiger charge is -2.30. The van der Waals surface area contributed by atoms with Crippen molar-refractivity contribution >= 4 is 27.9 Å². The largest absolute Gasteiger partial charge is 0.453 e. The van der Waals surface area contributed by atoms with Gasteiger partial charge in [0.25, 0.3) is 0 Å². The summed E-state index contributed by atoms with van der Waals surface area (Å²) in [5.74, 6) is 0.641. The molecule has 7 rings (SSSR count). The second kappa shape index (κ2) is 13.5. The van der Waals surface area contributed by atoms with Gasteiger partial charge in [0.1, 0.15) is 11.9 Å². The summed E-state index contributed by atoms with van der Waals surface area (Å²) in [4.78, 5) is 40.9. The number of methoxy groups -OCH3 is 1. The fourth-order valence-corrected chi connectivity index (χ4v) is 8.97. The Kier molecular flexibility index (Phi) is 9.60. The van der Waals surface area contributed by atoms with Gasteiger partial charge in [0.05, 0.1) is 30.7 Å². The Bertz CT molecular complexity index is 1610. The second-order valence-corrected chi connectivity index (χ2v) is 14.5. The molecule has 246 valence electrons. The zero-order chi connectivity index (χ0) is 32.6. The number of hydrogen-bond acceptors (Lipinski definition) is 5. The maximum absolute atomic E-state index is 13.6. The summed E-state index contributed by atoms with van der Waals surface area (Å²) < 4.78 is 5.95. The molecule has 0 radical (unpaired) electrons. The molecule has 1 saturated carbocycles. The summed E-state index contributed by atoms with van der Waals surface area (Å²) in [6, 6.07) is 3.74. The minimum absolute atomic E-state index is 0.0683. The Morgan fingerprint density at radius 2 is 1.67 bits per heavy atom. The number of rotatable bonds is 6. The van der Waals surface area contributed by atoms with Crippen molar-refractivity contribution in [2.24, 2.45) is 11.3 Å². The third kappa shape index (κ3) is 5.88. The van der Waals surface area contributed by atoms with E-state index in [1.165, 1.54) is 82.8 Å². The number of imidazole rings is 1. The van der Waals surface area contributed by atoms with Crippen LogP contribution in [-0.2, 0) is 35.2 Å². The second-order valence-electron chi connectivity index (χ2n) is 13.7. The molecular formula is C37H48BrN5O3. The van der Waals surface area contributed by atoms with Crippen molar-refractivity contribution in [1.82, 2.24) is 25.2 Å². The summed E-state index contributed by atoms with van der Waals surface area (Å²) in [5, 5.41) is 2.73. The molecule has 3 aliphatic carbocycles. The summed E-state index contributed by atoms with van der Waals surface area (Å²) in [6.07, 6.45) is 16.0. The molecule has 2 atom stereocenters. The minimum atomic E-state index is -0.648. The van der Waals surface area contributed by atoms with E-state index in [0.717, 1.165) is 50.0 Å². The Balaban J connectivity index is 0.00000182. The number of halogens is 1. The van der Waals surface area contributed by atoms with Crippen LogP contribution in [0.5, 0.6) is 0 Å². The average molecular weight is 691 g/mol. The standard InChI is InChI=1S/C35H42BrN5O3.C2H6/c1-20(2)30(40-34(43)44-3)33(42)41-15-7-10-29(41)32-38-19-28(39-32)23-11-12-24(22-9-6-8-21(22)23)31-26-17-35(13-4-5-14-35)16-25(26)27(36)18-37-31;1-2/h11-12,18-20,29-30H,4-10,13-17H2,1-3H3,(H,38,39)(H,40,43);1-2H3. The highest BCUT2D eigenvalue weighted by atomic mass is 79.9. The summed E-state index contributed by atoms with van der Waals surface area (Å²) in [5.41, 5.74) is 10.9. The van der Waals surface area contributed by atoms with E-state index in [2.05, 4.69) is 38.4 Å². The number of aromatic nitrogens is 3. The SMILES string of the molecule is CC.COC(=O)NC(C(=O)N1CCCC1c1ncc(-c2ccc(-c3ncc(Br)c4c3CC3(CCCC3)C4)c3c2CCC3)[nH]1)C(C)C. The maximum atomic E-state index is 13.6. The number of alkyl carbamates (subject to hydrolysis) is 1. The number of carbonyl (C=O) groups is 2. The number of fused-ring (bicyclic) bond motifs is 2. The number of pyridine rings is 1. The van der Waals surface area contributed by atoms with E-state index in [4.69, 9.17) is 14.7 Å². The van der Waals surface area contributed by atoms with Crippen LogP contribution in [0.3, 0.4) is 0 Å². The first-order valence-corrected chi connectivity index (χ1v) is 18.1. The third-order valence-corrected chi connectivity index (χ3v) is 11.4. The molecular weight excluding hydrogens is 642 g/mol. The lowest BCUT2D eigenvalue weighted by molar-refractivity contribution is -0.135. The number of nitrogens with zero attached hydrogens (tertiary/aromatic N) is 3. The molecule has 2 unspecified atom stereocenters. The summed E-state index contributed by atoms with van der Waals surface area (Å²) >= 11 is 3.84. The highest BCUT2D eigenvalue weighted by molar-refractivity contribution is 9.10. The van der Waals surface area contributed by atoms with Crippen LogP contribution in [0, 0.1) is 11.3 Å². The average Bonchev–Trinajstić information content (AvgIpc) is 3.90. The van der Waals surface area contributed by atoms with Gasteiger partial charge in [-0.05, 0) is 107 Å². The molecule has 1 aliphatic heterocycles. The summed E-state index contributed by atoms with van der Waals surface area (Å²) in [6.45, 7) is 8.51. The van der Waals surface area contributed by atoms with Crippen LogP contribution >= 0.6 is 15.9 Å². The summed E-state index contributed by atoms with van der Waals surface area (Å²) in [7, 11) is 1.32. The van der Waals surface area contributed by atoms with Gasteiger partial charge in [-0.1, -0.05) is 52.7 Å². The van der Waals surface area contributed by atoms with E-state index in [-0.39, 0.29) is 17.9 Å². The Morgan fingerprint density at radius 3 is 2.39 bits per heavy atom. The highest BCUT2D eigenvalue weighted by Gasteiger charge is 2.42. The van der Waals surface area contributed by atoms with Gasteiger partial charge in [-0.2, -0.15) is 0 Å². The van der Waals surface area contributed by atoms with Gasteiger partial charge in [0.15, 0.2) is 0 Å². The van der Waals surface area contributed by atoms with Crippen LogP contribution in [0.1, 0.15) is 107 Å². The van der Waals surface area contributed by atoms with Crippen molar-refractivity contribution < 1.29 is 14.3 Å². The van der Waals surface area contributed by atoms with Crippen molar-refractivity contribution in [1.29, 1.82) is 0 Å². The van der Waals surface area contributed by atoms with Crippen LogP contribution in [0.25, 0.3) is 22.5 Å². The van der Waals surface area contributed by atoms with Crippen LogP contribution in [0.15, 0.2) is 29.0 Å². The number of H-pyrrole nitrogens is 1. The van der Waals surface area contributed by atoms with Gasteiger partial charge in [-0.15, -0.1) is 0 Å². The molecule has 2 aromatic heterocycles. The lowest BCUT2D eigenvalue weighted by Crippen LogP contribution is -2.51. The number of benzene rings is 1. The molecule has 2 amide bonds.